The van der Waals surface area contributed by atoms with Crippen molar-refractivity contribution < 1.29 is 23.1 Å². The summed E-state index contributed by atoms with van der Waals surface area (Å²) >= 11 is 6.19. The molecule has 3 rings (SSSR count). The van der Waals surface area contributed by atoms with E-state index in [0.717, 1.165) is 38.1 Å². The average molecular weight is 468 g/mol. The van der Waals surface area contributed by atoms with Crippen molar-refractivity contribution in [3.8, 4) is 5.75 Å². The first-order valence-corrected chi connectivity index (χ1v) is 10.7. The number of phenols is 1. The molecule has 2 aromatic carbocycles. The SMILES string of the molecule is C/C(=N\c1ccc(C(F)(F)F)cc1C)NC(=O)c1cc(Cl)cc(CN2CCCCC2)c1O. The zero-order valence-electron chi connectivity index (χ0n) is 17.9. The number of benzene rings is 2. The predicted molar refractivity (Wildman–Crippen MR) is 119 cm³/mol. The number of carbonyl (C=O) groups excluding carboxylic acids is 1. The van der Waals surface area contributed by atoms with Crippen molar-refractivity contribution in [2.24, 2.45) is 4.99 Å². The Labute approximate surface area is 189 Å². The van der Waals surface area contributed by atoms with E-state index in [9.17, 15) is 23.1 Å². The summed E-state index contributed by atoms with van der Waals surface area (Å²) in [5.41, 5.74) is 0.446. The molecule has 2 N–H and O–H groups in total. The first kappa shape index (κ1) is 24.1. The molecule has 0 atom stereocenters. The lowest BCUT2D eigenvalue weighted by Crippen LogP contribution is -2.30. The molecule has 5 nitrogen and oxygen atoms in total. The molecule has 0 aliphatic carbocycles. The number of amides is 1. The van der Waals surface area contributed by atoms with Crippen LogP contribution < -0.4 is 5.32 Å². The molecule has 0 unspecified atom stereocenters. The first-order valence-electron chi connectivity index (χ1n) is 10.3. The van der Waals surface area contributed by atoms with Crippen LogP contribution in [0.15, 0.2) is 35.3 Å². The van der Waals surface area contributed by atoms with E-state index < -0.39 is 17.6 Å². The third kappa shape index (κ3) is 6.01. The third-order valence-electron chi connectivity index (χ3n) is 5.35. The van der Waals surface area contributed by atoms with Crippen molar-refractivity contribution in [1.29, 1.82) is 0 Å². The fourth-order valence-corrected chi connectivity index (χ4v) is 3.95. The van der Waals surface area contributed by atoms with E-state index >= 15 is 0 Å². The average Bonchev–Trinajstić information content (AvgIpc) is 2.71. The van der Waals surface area contributed by atoms with Gasteiger partial charge in [-0.25, -0.2) is 4.99 Å². The van der Waals surface area contributed by atoms with E-state index in [2.05, 4.69) is 15.2 Å². The smallest absolute Gasteiger partial charge is 0.416 e. The van der Waals surface area contributed by atoms with E-state index in [-0.39, 0.29) is 17.1 Å². The molecule has 2 aromatic rings. The van der Waals surface area contributed by atoms with Crippen molar-refractivity contribution in [1.82, 2.24) is 10.2 Å². The molecule has 1 saturated heterocycles. The number of aliphatic imine (C=N–C) groups is 1. The summed E-state index contributed by atoms with van der Waals surface area (Å²) < 4.78 is 38.5. The number of amidine groups is 1. The molecular weight excluding hydrogens is 443 g/mol. The molecule has 32 heavy (non-hydrogen) atoms. The fourth-order valence-electron chi connectivity index (χ4n) is 3.71. The van der Waals surface area contributed by atoms with Gasteiger partial charge in [-0.15, -0.1) is 0 Å². The van der Waals surface area contributed by atoms with Crippen LogP contribution in [0.5, 0.6) is 5.75 Å². The van der Waals surface area contributed by atoms with Crippen LogP contribution in [0.4, 0.5) is 18.9 Å². The Morgan fingerprint density at radius 1 is 1.19 bits per heavy atom. The Morgan fingerprint density at radius 3 is 2.50 bits per heavy atom. The summed E-state index contributed by atoms with van der Waals surface area (Å²) in [7, 11) is 0. The molecule has 0 spiro atoms. The Hall–Kier alpha value is -2.58. The maximum Gasteiger partial charge on any atom is 0.416 e. The second kappa shape index (κ2) is 9.92. The molecule has 9 heteroatoms. The number of hydrogen-bond donors (Lipinski definition) is 2. The van der Waals surface area contributed by atoms with E-state index in [0.29, 0.717) is 28.4 Å². The molecule has 1 amide bonds. The zero-order chi connectivity index (χ0) is 23.5. The van der Waals surface area contributed by atoms with Gasteiger partial charge in [0.2, 0.25) is 0 Å². The maximum atomic E-state index is 12.8. The molecule has 1 fully saturated rings. The summed E-state index contributed by atoms with van der Waals surface area (Å²) in [5, 5.41) is 13.6. The molecule has 1 heterocycles. The van der Waals surface area contributed by atoms with E-state index in [1.54, 1.807) is 6.07 Å². The summed E-state index contributed by atoms with van der Waals surface area (Å²) in [5.74, 6) is -0.568. The van der Waals surface area contributed by atoms with Crippen LogP contribution in [0.3, 0.4) is 0 Å². The van der Waals surface area contributed by atoms with Gasteiger partial charge >= 0.3 is 6.18 Å². The van der Waals surface area contributed by atoms with Gasteiger partial charge in [0, 0.05) is 17.1 Å². The molecule has 1 aliphatic rings. The zero-order valence-corrected chi connectivity index (χ0v) is 18.6. The number of carbonyl (C=O) groups is 1. The number of rotatable bonds is 4. The number of aromatic hydroxyl groups is 1. The Kier molecular flexibility index (Phi) is 7.46. The highest BCUT2D eigenvalue weighted by atomic mass is 35.5. The number of likely N-dealkylation sites (tertiary alicyclic amines) is 1. The molecule has 0 bridgehead atoms. The van der Waals surface area contributed by atoms with Gasteiger partial charge in [0.25, 0.3) is 5.91 Å². The van der Waals surface area contributed by atoms with Crippen molar-refractivity contribution >= 4 is 29.0 Å². The lowest BCUT2D eigenvalue weighted by atomic mass is 10.1. The summed E-state index contributed by atoms with van der Waals surface area (Å²) in [6.45, 7) is 5.37. The van der Waals surface area contributed by atoms with Crippen molar-refractivity contribution in [2.45, 2.75) is 45.8 Å². The second-order valence-electron chi connectivity index (χ2n) is 7.95. The van der Waals surface area contributed by atoms with Gasteiger partial charge in [-0.05, 0) is 75.7 Å². The van der Waals surface area contributed by atoms with Gasteiger partial charge in [0.15, 0.2) is 0 Å². The second-order valence-corrected chi connectivity index (χ2v) is 8.38. The maximum absolute atomic E-state index is 12.8. The van der Waals surface area contributed by atoms with E-state index in [4.69, 9.17) is 11.6 Å². The first-order chi connectivity index (χ1) is 15.0. The van der Waals surface area contributed by atoms with Crippen LogP contribution >= 0.6 is 11.6 Å². The van der Waals surface area contributed by atoms with Gasteiger partial charge in [0.1, 0.15) is 11.6 Å². The molecule has 0 radical (unpaired) electrons. The van der Waals surface area contributed by atoms with Crippen LogP contribution in [0.1, 0.15) is 53.2 Å². The number of hydrogen-bond acceptors (Lipinski definition) is 4. The van der Waals surface area contributed by atoms with Crippen LogP contribution in [-0.2, 0) is 12.7 Å². The third-order valence-corrected chi connectivity index (χ3v) is 5.57. The Bertz CT molecular complexity index is 1030. The molecular formula is C23H25ClF3N3O2. The van der Waals surface area contributed by atoms with Crippen molar-refractivity contribution in [3.05, 3.63) is 57.6 Å². The molecule has 0 saturated carbocycles. The van der Waals surface area contributed by atoms with Gasteiger partial charge < -0.3 is 10.4 Å². The molecule has 1 aliphatic heterocycles. The number of nitrogens with zero attached hydrogens (tertiary/aromatic N) is 2. The summed E-state index contributed by atoms with van der Waals surface area (Å²) in [6, 6.07) is 6.22. The minimum atomic E-state index is -4.44. The normalized spacial score (nSPS) is 15.6. The van der Waals surface area contributed by atoms with Crippen LogP contribution in [0.2, 0.25) is 5.02 Å². The Morgan fingerprint density at radius 2 is 1.88 bits per heavy atom. The van der Waals surface area contributed by atoms with Gasteiger partial charge in [-0.2, -0.15) is 13.2 Å². The lowest BCUT2D eigenvalue weighted by molar-refractivity contribution is -0.137. The standard InChI is InChI=1S/C23H25ClF3N3O2/c1-14-10-17(23(25,26)27)6-7-20(14)28-15(2)29-22(32)19-12-18(24)11-16(21(19)31)13-30-8-4-3-5-9-30/h6-7,10-12,31H,3-5,8-9,13H2,1-2H3,(H,28,29,32). The number of phenolic OH excluding ortho intramolecular Hbond substituents is 1. The highest BCUT2D eigenvalue weighted by Gasteiger charge is 2.30. The topological polar surface area (TPSA) is 64.9 Å². The highest BCUT2D eigenvalue weighted by Crippen LogP contribution is 2.32. The minimum absolute atomic E-state index is 0.0169. The number of aryl methyl sites for hydroxylation is 1. The van der Waals surface area contributed by atoms with Gasteiger partial charge in [-0.3, -0.25) is 9.69 Å². The van der Waals surface area contributed by atoms with Crippen LogP contribution in [0, 0.1) is 6.92 Å². The van der Waals surface area contributed by atoms with Crippen molar-refractivity contribution in [2.75, 3.05) is 13.1 Å². The van der Waals surface area contributed by atoms with Crippen LogP contribution in [0.25, 0.3) is 0 Å². The van der Waals surface area contributed by atoms with E-state index in [1.807, 2.05) is 0 Å². The number of halogens is 4. The number of nitrogens with one attached hydrogen (secondary N) is 1. The fraction of sp³-hybridized carbons (Fsp3) is 0.391. The van der Waals surface area contributed by atoms with Crippen molar-refractivity contribution in [3.63, 3.8) is 0 Å². The highest BCUT2D eigenvalue weighted by molar-refractivity contribution is 6.31. The molecule has 172 valence electrons. The van der Waals surface area contributed by atoms with Gasteiger partial charge in [-0.1, -0.05) is 18.0 Å². The van der Waals surface area contributed by atoms with Gasteiger partial charge in [0.05, 0.1) is 16.8 Å². The molecule has 0 aromatic heterocycles. The van der Waals surface area contributed by atoms with Crippen LogP contribution in [-0.4, -0.2) is 34.8 Å². The summed E-state index contributed by atoms with van der Waals surface area (Å²) in [6.07, 6.45) is -1.07. The number of piperidine rings is 1. The van der Waals surface area contributed by atoms with E-state index in [1.165, 1.54) is 32.4 Å². The summed E-state index contributed by atoms with van der Waals surface area (Å²) in [4.78, 5) is 19.2. The Balaban J connectivity index is 1.77. The minimum Gasteiger partial charge on any atom is -0.507 e. The quantitative estimate of drug-likeness (QED) is 0.438. The monoisotopic (exact) mass is 467 g/mol. The predicted octanol–water partition coefficient (Wildman–Crippen LogP) is 5.84. The largest absolute Gasteiger partial charge is 0.507 e. The number of alkyl halides is 3. The lowest BCUT2D eigenvalue weighted by Gasteiger charge is -2.27.